The van der Waals surface area contributed by atoms with Gasteiger partial charge in [0, 0.05) is 17.2 Å². The molecule has 2 unspecified atom stereocenters. The van der Waals surface area contributed by atoms with E-state index in [1.165, 1.54) is 12.7 Å². The molecule has 0 bridgehead atoms. The number of fused-ring (bicyclic) bond motifs is 1. The number of carbonyl (C=O) groups is 1. The van der Waals surface area contributed by atoms with Crippen LogP contribution in [0.2, 0.25) is 0 Å². The number of rotatable bonds is 2. The third-order valence-electron chi connectivity index (χ3n) is 3.45. The molecule has 0 radical (unpaired) electrons. The monoisotopic (exact) mass is 248 g/mol. The van der Waals surface area contributed by atoms with Crippen LogP contribution in [-0.2, 0) is 9.53 Å². The molecular formula is C14H16O2S. The molecule has 3 heteroatoms. The summed E-state index contributed by atoms with van der Waals surface area (Å²) < 4.78 is 4.78. The SMILES string of the molecule is COC(=O)C(C)C1=CC=C2CC(=S)C=CC2C1. The van der Waals surface area contributed by atoms with E-state index in [2.05, 4.69) is 18.2 Å². The van der Waals surface area contributed by atoms with Crippen LogP contribution in [0.25, 0.3) is 0 Å². The Labute approximate surface area is 107 Å². The normalized spacial score (nSPS) is 24.6. The van der Waals surface area contributed by atoms with Gasteiger partial charge in [-0.1, -0.05) is 47.7 Å². The van der Waals surface area contributed by atoms with Crippen LogP contribution in [0, 0.1) is 11.8 Å². The Balaban J connectivity index is 2.17. The maximum Gasteiger partial charge on any atom is 0.312 e. The standard InChI is InChI=1S/C14H16O2S/c1-9(14(15)16-2)10-3-4-12-8-13(17)6-5-11(12)7-10/h3-6,9,11H,7-8H2,1-2H3. The average molecular weight is 248 g/mol. The Kier molecular flexibility index (Phi) is 3.57. The Morgan fingerprint density at radius 3 is 3.00 bits per heavy atom. The molecule has 0 spiro atoms. The lowest BCUT2D eigenvalue weighted by atomic mass is 9.78. The number of allylic oxidation sites excluding steroid dienone is 5. The van der Waals surface area contributed by atoms with Crippen molar-refractivity contribution < 1.29 is 9.53 Å². The van der Waals surface area contributed by atoms with E-state index in [-0.39, 0.29) is 11.9 Å². The number of carbonyl (C=O) groups excluding carboxylic acids is 1. The van der Waals surface area contributed by atoms with Gasteiger partial charge in [0.2, 0.25) is 0 Å². The summed E-state index contributed by atoms with van der Waals surface area (Å²) in [5, 5.41) is 0. The zero-order valence-electron chi connectivity index (χ0n) is 10.1. The molecule has 0 amide bonds. The topological polar surface area (TPSA) is 26.3 Å². The van der Waals surface area contributed by atoms with Gasteiger partial charge in [-0.3, -0.25) is 4.79 Å². The zero-order chi connectivity index (χ0) is 12.4. The van der Waals surface area contributed by atoms with Crippen LogP contribution in [0.5, 0.6) is 0 Å². The fraction of sp³-hybridized carbons (Fsp3) is 0.429. The van der Waals surface area contributed by atoms with Crippen molar-refractivity contribution in [2.24, 2.45) is 11.8 Å². The van der Waals surface area contributed by atoms with Crippen LogP contribution < -0.4 is 0 Å². The van der Waals surface area contributed by atoms with Crippen molar-refractivity contribution in [3.05, 3.63) is 35.5 Å². The molecule has 0 aromatic carbocycles. The predicted molar refractivity (Wildman–Crippen MR) is 71.8 cm³/mol. The summed E-state index contributed by atoms with van der Waals surface area (Å²) in [7, 11) is 1.43. The summed E-state index contributed by atoms with van der Waals surface area (Å²) in [6.07, 6.45) is 10.1. The molecule has 0 heterocycles. The molecular weight excluding hydrogens is 232 g/mol. The first kappa shape index (κ1) is 12.2. The number of hydrogen-bond acceptors (Lipinski definition) is 3. The van der Waals surface area contributed by atoms with E-state index in [1.807, 2.05) is 13.0 Å². The number of hydrogen-bond donors (Lipinski definition) is 0. The maximum atomic E-state index is 11.5. The Morgan fingerprint density at radius 1 is 1.53 bits per heavy atom. The lowest BCUT2D eigenvalue weighted by Crippen LogP contribution is -2.21. The summed E-state index contributed by atoms with van der Waals surface area (Å²) in [5.41, 5.74) is 2.50. The molecule has 2 rings (SSSR count). The fourth-order valence-corrected chi connectivity index (χ4v) is 2.55. The second-order valence-electron chi connectivity index (χ2n) is 4.54. The molecule has 0 aliphatic heterocycles. The lowest BCUT2D eigenvalue weighted by molar-refractivity contribution is -0.143. The van der Waals surface area contributed by atoms with Crippen molar-refractivity contribution in [2.75, 3.05) is 7.11 Å². The van der Waals surface area contributed by atoms with E-state index in [4.69, 9.17) is 17.0 Å². The molecule has 2 atom stereocenters. The number of esters is 1. The average Bonchev–Trinajstić information content (AvgIpc) is 2.36. The van der Waals surface area contributed by atoms with E-state index in [1.54, 1.807) is 0 Å². The van der Waals surface area contributed by atoms with Gasteiger partial charge in [-0.25, -0.2) is 0 Å². The van der Waals surface area contributed by atoms with Crippen LogP contribution in [0.4, 0.5) is 0 Å². The van der Waals surface area contributed by atoms with E-state index < -0.39 is 0 Å². The molecule has 2 nitrogen and oxygen atoms in total. The molecule has 2 aliphatic carbocycles. The lowest BCUT2D eigenvalue weighted by Gasteiger charge is -2.27. The first-order chi connectivity index (χ1) is 8.11. The van der Waals surface area contributed by atoms with Gasteiger partial charge < -0.3 is 4.74 Å². The largest absolute Gasteiger partial charge is 0.469 e. The summed E-state index contributed by atoms with van der Waals surface area (Å²) in [4.78, 5) is 12.5. The molecule has 0 aromatic rings. The zero-order valence-corrected chi connectivity index (χ0v) is 10.9. The minimum Gasteiger partial charge on any atom is -0.469 e. The second-order valence-corrected chi connectivity index (χ2v) is 5.07. The molecule has 0 fully saturated rings. The van der Waals surface area contributed by atoms with Crippen molar-refractivity contribution in [3.8, 4) is 0 Å². The highest BCUT2D eigenvalue weighted by Gasteiger charge is 2.26. The summed E-state index contributed by atoms with van der Waals surface area (Å²) >= 11 is 5.19. The minimum absolute atomic E-state index is 0.153. The van der Waals surface area contributed by atoms with Gasteiger partial charge in [0.05, 0.1) is 13.0 Å². The quantitative estimate of drug-likeness (QED) is 0.555. The fourth-order valence-electron chi connectivity index (χ4n) is 2.31. The Morgan fingerprint density at radius 2 is 2.29 bits per heavy atom. The highest BCUT2D eigenvalue weighted by Crippen LogP contribution is 2.34. The third kappa shape index (κ3) is 2.55. The van der Waals surface area contributed by atoms with Gasteiger partial charge in [-0.15, -0.1) is 0 Å². The first-order valence-corrected chi connectivity index (χ1v) is 6.21. The number of ether oxygens (including phenoxy) is 1. The molecule has 0 N–H and O–H groups in total. The van der Waals surface area contributed by atoms with E-state index >= 15 is 0 Å². The molecule has 17 heavy (non-hydrogen) atoms. The molecule has 0 aromatic heterocycles. The van der Waals surface area contributed by atoms with Crippen LogP contribution in [0.15, 0.2) is 35.5 Å². The van der Waals surface area contributed by atoms with Crippen molar-refractivity contribution >= 4 is 23.1 Å². The number of methoxy groups -OCH3 is 1. The molecule has 0 saturated heterocycles. The highest BCUT2D eigenvalue weighted by atomic mass is 32.1. The second kappa shape index (κ2) is 4.96. The Bertz CT molecular complexity index is 443. The summed E-state index contributed by atoms with van der Waals surface area (Å²) in [5.74, 6) is 0.0947. The van der Waals surface area contributed by atoms with E-state index in [9.17, 15) is 4.79 Å². The van der Waals surface area contributed by atoms with Gasteiger partial charge >= 0.3 is 5.97 Å². The van der Waals surface area contributed by atoms with Crippen molar-refractivity contribution in [1.82, 2.24) is 0 Å². The van der Waals surface area contributed by atoms with Gasteiger partial charge in [-0.2, -0.15) is 0 Å². The van der Waals surface area contributed by atoms with E-state index in [0.29, 0.717) is 5.92 Å². The van der Waals surface area contributed by atoms with Gasteiger partial charge in [0.25, 0.3) is 0 Å². The molecule has 2 aliphatic rings. The Hall–Kier alpha value is -1.22. The summed E-state index contributed by atoms with van der Waals surface area (Å²) in [6.45, 7) is 1.90. The maximum absolute atomic E-state index is 11.5. The third-order valence-corrected chi connectivity index (χ3v) is 3.73. The smallest absolute Gasteiger partial charge is 0.312 e. The van der Waals surface area contributed by atoms with Gasteiger partial charge in [0.1, 0.15) is 0 Å². The van der Waals surface area contributed by atoms with Gasteiger partial charge in [-0.05, 0) is 13.3 Å². The minimum atomic E-state index is -0.164. The van der Waals surface area contributed by atoms with Crippen LogP contribution in [0.1, 0.15) is 19.8 Å². The van der Waals surface area contributed by atoms with Crippen molar-refractivity contribution in [3.63, 3.8) is 0 Å². The van der Waals surface area contributed by atoms with Crippen molar-refractivity contribution in [1.29, 1.82) is 0 Å². The highest BCUT2D eigenvalue weighted by molar-refractivity contribution is 7.80. The van der Waals surface area contributed by atoms with Gasteiger partial charge in [0.15, 0.2) is 0 Å². The molecule has 90 valence electrons. The van der Waals surface area contributed by atoms with Crippen molar-refractivity contribution in [2.45, 2.75) is 19.8 Å². The van der Waals surface area contributed by atoms with Crippen LogP contribution in [0.3, 0.4) is 0 Å². The molecule has 0 saturated carbocycles. The summed E-state index contributed by atoms with van der Waals surface area (Å²) in [6, 6.07) is 0. The van der Waals surface area contributed by atoms with Crippen LogP contribution >= 0.6 is 12.2 Å². The van der Waals surface area contributed by atoms with Crippen LogP contribution in [-0.4, -0.2) is 17.9 Å². The predicted octanol–water partition coefficient (Wildman–Crippen LogP) is 3.00. The first-order valence-electron chi connectivity index (χ1n) is 5.80. The van der Waals surface area contributed by atoms with E-state index in [0.717, 1.165) is 23.3 Å². The number of thiocarbonyl (C=S) groups is 1.